The predicted octanol–water partition coefficient (Wildman–Crippen LogP) is 3.63. The van der Waals surface area contributed by atoms with E-state index in [2.05, 4.69) is 32.3 Å². The number of carbonyl (C=O) groups excluding carboxylic acids is 1. The van der Waals surface area contributed by atoms with Crippen molar-refractivity contribution in [2.75, 3.05) is 43.1 Å². The van der Waals surface area contributed by atoms with Gasteiger partial charge in [-0.15, -0.1) is 10.2 Å². The molecule has 1 amide bonds. The number of pyridine rings is 1. The van der Waals surface area contributed by atoms with Crippen LogP contribution in [0, 0.1) is 0 Å². The smallest absolute Gasteiger partial charge is 0.260 e. The van der Waals surface area contributed by atoms with Crippen LogP contribution >= 0.6 is 0 Å². The molecular weight excluding hydrogens is 420 g/mol. The Balaban J connectivity index is 1.58. The second-order valence-corrected chi connectivity index (χ2v) is 7.78. The first-order valence-electron chi connectivity index (χ1n) is 11.5. The normalized spacial score (nSPS) is 13.7. The van der Waals surface area contributed by atoms with Crippen molar-refractivity contribution in [3.63, 3.8) is 0 Å². The molecule has 1 N–H and O–H groups in total. The first kappa shape index (κ1) is 22.7. The molecule has 33 heavy (non-hydrogen) atoms. The molecule has 174 valence electrons. The summed E-state index contributed by atoms with van der Waals surface area (Å²) in [6, 6.07) is 11.2. The fourth-order valence-electron chi connectivity index (χ4n) is 3.66. The average molecular weight is 451 g/mol. The number of nitrogens with one attached hydrogen (secondary N) is 1. The molecule has 0 aliphatic carbocycles. The summed E-state index contributed by atoms with van der Waals surface area (Å²) in [5.41, 5.74) is 2.11. The third-order valence-corrected chi connectivity index (χ3v) is 5.52. The monoisotopic (exact) mass is 450 g/mol. The van der Waals surface area contributed by atoms with E-state index in [1.54, 1.807) is 12.4 Å². The number of ether oxygens (including phenoxy) is 2. The maximum Gasteiger partial charge on any atom is 0.260 e. The van der Waals surface area contributed by atoms with Crippen molar-refractivity contribution in [1.29, 1.82) is 0 Å². The van der Waals surface area contributed by atoms with E-state index >= 15 is 0 Å². The zero-order valence-electron chi connectivity index (χ0n) is 19.2. The number of nitrogens with zero attached hydrogens (tertiary/aromatic N) is 5. The van der Waals surface area contributed by atoms with Gasteiger partial charge in [0.15, 0.2) is 5.82 Å². The van der Waals surface area contributed by atoms with Gasteiger partial charge in [0, 0.05) is 25.3 Å². The lowest BCUT2D eigenvalue weighted by Crippen LogP contribution is -2.36. The molecule has 9 nitrogen and oxygen atoms in total. The molecule has 4 rings (SSSR count). The number of rotatable bonds is 9. The van der Waals surface area contributed by atoms with Crippen LogP contribution in [0.5, 0.6) is 5.75 Å². The van der Waals surface area contributed by atoms with Gasteiger partial charge in [0.2, 0.25) is 0 Å². The largest absolute Gasteiger partial charge is 0.493 e. The molecule has 0 unspecified atom stereocenters. The second kappa shape index (κ2) is 10.9. The summed E-state index contributed by atoms with van der Waals surface area (Å²) in [4.78, 5) is 20.1. The Labute approximate surface area is 193 Å². The highest BCUT2D eigenvalue weighted by Gasteiger charge is 2.19. The van der Waals surface area contributed by atoms with Crippen molar-refractivity contribution in [1.82, 2.24) is 19.7 Å². The number of amides is 1. The quantitative estimate of drug-likeness (QED) is 0.498. The van der Waals surface area contributed by atoms with Gasteiger partial charge >= 0.3 is 0 Å². The van der Waals surface area contributed by atoms with E-state index in [-0.39, 0.29) is 5.91 Å². The maximum absolute atomic E-state index is 13.3. The van der Waals surface area contributed by atoms with Crippen molar-refractivity contribution in [3.05, 3.63) is 48.3 Å². The molecule has 0 spiro atoms. The second-order valence-electron chi connectivity index (χ2n) is 7.78. The standard InChI is InChI=1S/C24H30N6O3/c1-3-5-13-33-21-10-9-18(30-11-14-32-15-12-30)16-19(21)24(31)27-22-8-6-7-20(26-22)23-28-25-17-29(23)4-2/h6-10,16-17H,3-5,11-15H2,1-2H3,(H,26,27,31). The number of hydrogen-bond acceptors (Lipinski definition) is 7. The molecule has 1 fully saturated rings. The molecule has 9 heteroatoms. The van der Waals surface area contributed by atoms with E-state index in [4.69, 9.17) is 9.47 Å². The zero-order valence-corrected chi connectivity index (χ0v) is 19.2. The molecule has 0 radical (unpaired) electrons. The predicted molar refractivity (Wildman–Crippen MR) is 127 cm³/mol. The summed E-state index contributed by atoms with van der Waals surface area (Å²) in [6.07, 6.45) is 3.61. The van der Waals surface area contributed by atoms with Crippen LogP contribution in [0.3, 0.4) is 0 Å². The van der Waals surface area contributed by atoms with E-state index < -0.39 is 0 Å². The third-order valence-electron chi connectivity index (χ3n) is 5.52. The van der Waals surface area contributed by atoms with Gasteiger partial charge in [-0.25, -0.2) is 4.98 Å². The summed E-state index contributed by atoms with van der Waals surface area (Å²) < 4.78 is 13.3. The van der Waals surface area contributed by atoms with Crippen LogP contribution in [0.1, 0.15) is 37.0 Å². The highest BCUT2D eigenvalue weighted by molar-refractivity contribution is 6.06. The van der Waals surface area contributed by atoms with Gasteiger partial charge in [-0.2, -0.15) is 0 Å². The lowest BCUT2D eigenvalue weighted by molar-refractivity contribution is 0.102. The third kappa shape index (κ3) is 5.48. The van der Waals surface area contributed by atoms with Gasteiger partial charge in [0.05, 0.1) is 25.4 Å². The Kier molecular flexibility index (Phi) is 7.51. The Morgan fingerprint density at radius 1 is 1.18 bits per heavy atom. The van der Waals surface area contributed by atoms with E-state index in [0.29, 0.717) is 48.5 Å². The molecule has 3 heterocycles. The molecule has 2 aromatic heterocycles. The first-order valence-corrected chi connectivity index (χ1v) is 11.5. The average Bonchev–Trinajstić information content (AvgIpc) is 3.34. The van der Waals surface area contributed by atoms with Crippen LogP contribution in [-0.4, -0.2) is 58.6 Å². The van der Waals surface area contributed by atoms with Gasteiger partial charge in [-0.3, -0.25) is 4.79 Å². The lowest BCUT2D eigenvalue weighted by Gasteiger charge is -2.29. The van der Waals surface area contributed by atoms with Crippen LogP contribution in [0.15, 0.2) is 42.7 Å². The molecular formula is C24H30N6O3. The fourth-order valence-corrected chi connectivity index (χ4v) is 3.66. The number of anilines is 2. The summed E-state index contributed by atoms with van der Waals surface area (Å²) in [6.45, 7) is 8.35. The number of aromatic nitrogens is 4. The molecule has 1 aromatic carbocycles. The van der Waals surface area contributed by atoms with Crippen molar-refractivity contribution in [2.45, 2.75) is 33.2 Å². The summed E-state index contributed by atoms with van der Waals surface area (Å²) >= 11 is 0. The minimum absolute atomic E-state index is 0.266. The molecule has 1 aliphatic rings. The minimum atomic E-state index is -0.266. The van der Waals surface area contributed by atoms with Crippen LogP contribution in [-0.2, 0) is 11.3 Å². The van der Waals surface area contributed by atoms with E-state index in [1.807, 2.05) is 41.8 Å². The molecule has 1 saturated heterocycles. The highest BCUT2D eigenvalue weighted by atomic mass is 16.5. The van der Waals surface area contributed by atoms with Gasteiger partial charge in [0.25, 0.3) is 5.91 Å². The molecule has 0 saturated carbocycles. The van der Waals surface area contributed by atoms with Gasteiger partial charge in [0.1, 0.15) is 23.6 Å². The van der Waals surface area contributed by atoms with E-state index in [0.717, 1.165) is 38.2 Å². The summed E-state index contributed by atoms with van der Waals surface area (Å²) in [5.74, 6) is 1.41. The van der Waals surface area contributed by atoms with Crippen LogP contribution in [0.2, 0.25) is 0 Å². The van der Waals surface area contributed by atoms with Crippen LogP contribution < -0.4 is 15.0 Å². The van der Waals surface area contributed by atoms with Crippen molar-refractivity contribution in [3.8, 4) is 17.3 Å². The fraction of sp³-hybridized carbons (Fsp3) is 0.417. The van der Waals surface area contributed by atoms with E-state index in [9.17, 15) is 4.79 Å². The van der Waals surface area contributed by atoms with Gasteiger partial charge in [-0.1, -0.05) is 19.4 Å². The number of benzene rings is 1. The van der Waals surface area contributed by atoms with E-state index in [1.165, 1.54) is 0 Å². The molecule has 3 aromatic rings. The zero-order chi connectivity index (χ0) is 23.0. The number of hydrogen-bond donors (Lipinski definition) is 1. The number of carbonyl (C=O) groups is 1. The van der Waals surface area contributed by atoms with Crippen molar-refractivity contribution >= 4 is 17.4 Å². The summed E-state index contributed by atoms with van der Waals surface area (Å²) in [7, 11) is 0. The Morgan fingerprint density at radius 2 is 2.03 bits per heavy atom. The summed E-state index contributed by atoms with van der Waals surface area (Å²) in [5, 5.41) is 11.0. The molecule has 0 atom stereocenters. The number of morpholine rings is 1. The number of unbranched alkanes of at least 4 members (excludes halogenated alkanes) is 1. The first-order chi connectivity index (χ1) is 16.2. The van der Waals surface area contributed by atoms with Gasteiger partial charge < -0.3 is 24.3 Å². The topological polar surface area (TPSA) is 94.4 Å². The minimum Gasteiger partial charge on any atom is -0.493 e. The van der Waals surface area contributed by atoms with Crippen LogP contribution in [0.4, 0.5) is 11.5 Å². The Hall–Kier alpha value is -3.46. The SMILES string of the molecule is CCCCOc1ccc(N2CCOCC2)cc1C(=O)Nc1cccc(-c2nncn2CC)n1. The van der Waals surface area contributed by atoms with Crippen molar-refractivity contribution in [2.24, 2.45) is 0 Å². The maximum atomic E-state index is 13.3. The lowest BCUT2D eigenvalue weighted by atomic mass is 10.1. The van der Waals surface area contributed by atoms with Gasteiger partial charge in [-0.05, 0) is 43.7 Å². The highest BCUT2D eigenvalue weighted by Crippen LogP contribution is 2.27. The molecule has 0 bridgehead atoms. The number of aryl methyl sites for hydroxylation is 1. The van der Waals surface area contributed by atoms with Crippen LogP contribution in [0.25, 0.3) is 11.5 Å². The molecule has 1 aliphatic heterocycles. The Bertz CT molecular complexity index is 1080. The Morgan fingerprint density at radius 3 is 2.82 bits per heavy atom. The van der Waals surface area contributed by atoms with Crippen molar-refractivity contribution < 1.29 is 14.3 Å².